The van der Waals surface area contributed by atoms with Gasteiger partial charge in [-0.05, 0) is 18.9 Å². The maximum Gasteiger partial charge on any atom is 0.340 e. The predicted molar refractivity (Wildman–Crippen MR) is 96.5 cm³/mol. The average Bonchev–Trinajstić information content (AvgIpc) is 2.58. The van der Waals surface area contributed by atoms with Crippen LogP contribution in [-0.4, -0.2) is 55.8 Å². The SMILES string of the molecule is CN(C)c1ccc([NH+]([O-])O)cc1C(=O)OCC(=O)N1CCCCCCC1. The summed E-state index contributed by atoms with van der Waals surface area (Å²) in [5.41, 5.74) is 0.673. The van der Waals surface area contributed by atoms with Crippen molar-refractivity contribution in [2.45, 2.75) is 32.1 Å². The van der Waals surface area contributed by atoms with Crippen LogP contribution in [0.25, 0.3) is 0 Å². The standard InChI is InChI=1S/C18H27N3O5/c1-19(2)16-9-8-14(21(24)25)12-15(16)18(23)26-13-17(22)20-10-6-4-3-5-7-11-20/h8-9,12,21,24H,3-7,10-11,13H2,1-2H3. The van der Waals surface area contributed by atoms with Gasteiger partial charge < -0.3 is 19.7 Å². The molecule has 0 spiro atoms. The van der Waals surface area contributed by atoms with Gasteiger partial charge in [0.25, 0.3) is 5.91 Å². The van der Waals surface area contributed by atoms with E-state index in [-0.39, 0.29) is 23.8 Å². The van der Waals surface area contributed by atoms with Gasteiger partial charge in [-0.2, -0.15) is 5.23 Å². The highest BCUT2D eigenvalue weighted by molar-refractivity contribution is 5.97. The lowest BCUT2D eigenvalue weighted by Gasteiger charge is -2.24. The zero-order chi connectivity index (χ0) is 19.1. The van der Waals surface area contributed by atoms with Crippen LogP contribution in [0.2, 0.25) is 0 Å². The normalized spacial score (nSPS) is 16.4. The number of hydrogen-bond donors (Lipinski definition) is 2. The number of nitrogens with zero attached hydrogens (tertiary/aromatic N) is 2. The molecule has 2 N–H and O–H groups in total. The van der Waals surface area contributed by atoms with Crippen molar-refractivity contribution >= 4 is 23.3 Å². The molecule has 1 aliphatic rings. The Morgan fingerprint density at radius 1 is 1.19 bits per heavy atom. The van der Waals surface area contributed by atoms with Crippen LogP contribution >= 0.6 is 0 Å². The third-order valence-corrected chi connectivity index (χ3v) is 4.48. The third-order valence-electron chi connectivity index (χ3n) is 4.48. The maximum atomic E-state index is 12.4. The summed E-state index contributed by atoms with van der Waals surface area (Å²) in [5.74, 6) is -0.904. The maximum absolute atomic E-state index is 12.4. The zero-order valence-corrected chi connectivity index (χ0v) is 15.4. The fourth-order valence-corrected chi connectivity index (χ4v) is 3.02. The minimum Gasteiger partial charge on any atom is -0.595 e. The second kappa shape index (κ2) is 9.51. The lowest BCUT2D eigenvalue weighted by Crippen LogP contribution is -2.99. The smallest absolute Gasteiger partial charge is 0.340 e. The summed E-state index contributed by atoms with van der Waals surface area (Å²) in [5, 5.41) is 19.2. The summed E-state index contributed by atoms with van der Waals surface area (Å²) < 4.78 is 5.19. The molecule has 1 unspecified atom stereocenters. The van der Waals surface area contributed by atoms with Crippen LogP contribution in [0.1, 0.15) is 42.5 Å². The van der Waals surface area contributed by atoms with Crippen LogP contribution in [-0.2, 0) is 9.53 Å². The Hall–Kier alpha value is -2.16. The van der Waals surface area contributed by atoms with Gasteiger partial charge in [0.2, 0.25) is 0 Å². The molecule has 0 aliphatic carbocycles. The lowest BCUT2D eigenvalue weighted by molar-refractivity contribution is -0.991. The molecule has 0 bridgehead atoms. The Morgan fingerprint density at radius 3 is 2.38 bits per heavy atom. The summed E-state index contributed by atoms with van der Waals surface area (Å²) in [7, 11) is 3.50. The van der Waals surface area contributed by atoms with E-state index in [1.54, 1.807) is 30.0 Å². The fraction of sp³-hybridized carbons (Fsp3) is 0.556. The summed E-state index contributed by atoms with van der Waals surface area (Å²) in [6.45, 7) is 1.05. The number of anilines is 1. The highest BCUT2D eigenvalue weighted by atomic mass is 16.8. The number of amides is 1. The van der Waals surface area contributed by atoms with E-state index in [1.807, 2.05) is 0 Å². The first kappa shape index (κ1) is 20.2. The van der Waals surface area contributed by atoms with Gasteiger partial charge in [0, 0.05) is 39.3 Å². The molecule has 0 saturated carbocycles. The second-order valence-corrected chi connectivity index (χ2v) is 6.66. The van der Waals surface area contributed by atoms with Gasteiger partial charge in [0.1, 0.15) is 0 Å². The van der Waals surface area contributed by atoms with E-state index in [1.165, 1.54) is 18.6 Å². The van der Waals surface area contributed by atoms with Crippen LogP contribution in [0.4, 0.5) is 11.4 Å². The first-order valence-electron chi connectivity index (χ1n) is 8.89. The van der Waals surface area contributed by atoms with Crippen LogP contribution < -0.4 is 10.1 Å². The highest BCUT2D eigenvalue weighted by Gasteiger charge is 2.21. The van der Waals surface area contributed by atoms with Gasteiger partial charge in [-0.25, -0.2) is 10.0 Å². The number of hydrogen-bond acceptors (Lipinski definition) is 6. The Balaban J connectivity index is 2.04. The van der Waals surface area contributed by atoms with E-state index in [0.717, 1.165) is 25.7 Å². The topological polar surface area (TPSA) is 97.6 Å². The summed E-state index contributed by atoms with van der Waals surface area (Å²) in [6, 6.07) is 4.26. The number of quaternary nitrogens is 1. The molecule has 26 heavy (non-hydrogen) atoms. The van der Waals surface area contributed by atoms with Crippen molar-refractivity contribution in [3.8, 4) is 0 Å². The number of rotatable bonds is 5. The number of carbonyl (C=O) groups is 2. The van der Waals surface area contributed by atoms with E-state index in [4.69, 9.17) is 9.94 Å². The quantitative estimate of drug-likeness (QED) is 0.599. The van der Waals surface area contributed by atoms with Crippen molar-refractivity contribution in [2.24, 2.45) is 0 Å². The van der Waals surface area contributed by atoms with Crippen molar-refractivity contribution in [2.75, 3.05) is 38.7 Å². The average molecular weight is 365 g/mol. The first-order chi connectivity index (χ1) is 12.4. The van der Waals surface area contributed by atoms with Crippen LogP contribution in [0.5, 0.6) is 0 Å². The molecule has 8 heteroatoms. The first-order valence-corrected chi connectivity index (χ1v) is 8.89. The molecule has 2 rings (SSSR count). The van der Waals surface area contributed by atoms with Crippen LogP contribution in [0, 0.1) is 5.21 Å². The third kappa shape index (κ3) is 5.42. The van der Waals surface area contributed by atoms with Crippen molar-refractivity contribution in [1.82, 2.24) is 4.90 Å². The zero-order valence-electron chi connectivity index (χ0n) is 15.4. The number of esters is 1. The molecule has 8 nitrogen and oxygen atoms in total. The number of ether oxygens (including phenoxy) is 1. The number of benzene rings is 1. The molecule has 144 valence electrons. The van der Waals surface area contributed by atoms with E-state index < -0.39 is 11.2 Å². The summed E-state index contributed by atoms with van der Waals surface area (Å²) in [6.07, 6.45) is 5.34. The van der Waals surface area contributed by atoms with Gasteiger partial charge in [-0.3, -0.25) is 4.79 Å². The van der Waals surface area contributed by atoms with Crippen LogP contribution in [0.3, 0.4) is 0 Å². The summed E-state index contributed by atoms with van der Waals surface area (Å²) >= 11 is 0. The molecular formula is C18H27N3O5. The Morgan fingerprint density at radius 2 is 1.81 bits per heavy atom. The van der Waals surface area contributed by atoms with Crippen molar-refractivity contribution in [3.05, 3.63) is 29.0 Å². The van der Waals surface area contributed by atoms with Gasteiger partial charge in [0.05, 0.1) is 11.3 Å². The monoisotopic (exact) mass is 365 g/mol. The van der Waals surface area contributed by atoms with E-state index in [0.29, 0.717) is 18.8 Å². The van der Waals surface area contributed by atoms with Crippen molar-refractivity contribution in [3.63, 3.8) is 0 Å². The van der Waals surface area contributed by atoms with Crippen molar-refractivity contribution < 1.29 is 24.8 Å². The largest absolute Gasteiger partial charge is 0.595 e. The van der Waals surface area contributed by atoms with E-state index in [9.17, 15) is 14.8 Å². The van der Waals surface area contributed by atoms with Gasteiger partial charge in [0.15, 0.2) is 12.3 Å². The number of likely N-dealkylation sites (tertiary alicyclic amines) is 1. The molecule has 1 aromatic rings. The van der Waals surface area contributed by atoms with Gasteiger partial charge in [-0.15, -0.1) is 0 Å². The highest BCUT2D eigenvalue weighted by Crippen LogP contribution is 2.22. The molecule has 1 fully saturated rings. The number of nitrogens with one attached hydrogen (secondary N) is 1. The minimum absolute atomic E-state index is 0.00218. The lowest BCUT2D eigenvalue weighted by atomic mass is 10.1. The van der Waals surface area contributed by atoms with Gasteiger partial charge in [-0.1, -0.05) is 19.3 Å². The van der Waals surface area contributed by atoms with Crippen molar-refractivity contribution in [1.29, 1.82) is 0 Å². The minimum atomic E-state index is -1.12. The molecule has 0 aromatic heterocycles. The molecular weight excluding hydrogens is 338 g/mol. The Bertz CT molecular complexity index is 625. The fourth-order valence-electron chi connectivity index (χ4n) is 3.02. The van der Waals surface area contributed by atoms with E-state index in [2.05, 4.69) is 0 Å². The molecule has 0 radical (unpaired) electrons. The molecule has 1 aromatic carbocycles. The predicted octanol–water partition coefficient (Wildman–Crippen LogP) is 1.11. The Kier molecular flexibility index (Phi) is 7.38. The van der Waals surface area contributed by atoms with Gasteiger partial charge >= 0.3 is 5.97 Å². The molecule has 1 amide bonds. The second-order valence-electron chi connectivity index (χ2n) is 6.66. The summed E-state index contributed by atoms with van der Waals surface area (Å²) in [4.78, 5) is 28.2. The molecule has 1 atom stereocenters. The Labute approximate surface area is 153 Å². The van der Waals surface area contributed by atoms with Crippen LogP contribution in [0.15, 0.2) is 18.2 Å². The molecule has 1 aliphatic heterocycles. The molecule has 1 heterocycles. The van der Waals surface area contributed by atoms with E-state index >= 15 is 0 Å². The molecule has 1 saturated heterocycles. The number of carbonyl (C=O) groups excluding carboxylic acids is 2.